The molecule has 0 aliphatic carbocycles. The van der Waals surface area contributed by atoms with Gasteiger partial charge < -0.3 is 15.0 Å². The Kier molecular flexibility index (Phi) is 7.61. The molecule has 27 heavy (non-hydrogen) atoms. The van der Waals surface area contributed by atoms with E-state index in [1.807, 2.05) is 0 Å². The van der Waals surface area contributed by atoms with Crippen LogP contribution in [-0.2, 0) is 4.79 Å². The first kappa shape index (κ1) is 20.7. The first-order chi connectivity index (χ1) is 12.9. The number of nitrogens with one attached hydrogen (secondary N) is 1. The summed E-state index contributed by atoms with van der Waals surface area (Å²) in [6, 6.07) is 11.7. The number of ether oxygens (including phenoxy) is 1. The van der Waals surface area contributed by atoms with Gasteiger partial charge in [0.25, 0.3) is 5.91 Å². The van der Waals surface area contributed by atoms with Crippen molar-refractivity contribution in [3.63, 3.8) is 0 Å². The maximum atomic E-state index is 12.8. The second kappa shape index (κ2) is 9.92. The predicted molar refractivity (Wildman–Crippen MR) is 103 cm³/mol. The van der Waals surface area contributed by atoms with Gasteiger partial charge >= 0.3 is 0 Å². The van der Waals surface area contributed by atoms with Crippen molar-refractivity contribution in [3.05, 3.63) is 64.9 Å². The summed E-state index contributed by atoms with van der Waals surface area (Å²) in [5.41, 5.74) is 0.328. The van der Waals surface area contributed by atoms with Crippen LogP contribution in [0.5, 0.6) is 5.75 Å². The summed E-state index contributed by atoms with van der Waals surface area (Å²) in [5.74, 6) is -0.349. The van der Waals surface area contributed by atoms with Crippen LogP contribution in [0.15, 0.2) is 48.5 Å². The van der Waals surface area contributed by atoms with Crippen LogP contribution >= 0.6 is 11.6 Å². The maximum absolute atomic E-state index is 12.8. The first-order valence-electron chi connectivity index (χ1n) is 8.57. The summed E-state index contributed by atoms with van der Waals surface area (Å²) in [5, 5.41) is 2.99. The summed E-state index contributed by atoms with van der Waals surface area (Å²) >= 11 is 6.00. The zero-order chi connectivity index (χ0) is 19.8. The molecule has 2 aromatic rings. The molecule has 1 atom stereocenters. The Morgan fingerprint density at radius 2 is 1.85 bits per heavy atom. The number of hydrogen-bond acceptors (Lipinski definition) is 3. The highest BCUT2D eigenvalue weighted by molar-refractivity contribution is 6.33. The Balaban J connectivity index is 1.75. The molecule has 0 saturated heterocycles. The van der Waals surface area contributed by atoms with Gasteiger partial charge in [0.15, 0.2) is 0 Å². The smallest absolute Gasteiger partial charge is 0.253 e. The van der Waals surface area contributed by atoms with Gasteiger partial charge in [-0.15, -0.1) is 0 Å². The van der Waals surface area contributed by atoms with Gasteiger partial charge in [-0.25, -0.2) is 4.39 Å². The van der Waals surface area contributed by atoms with E-state index in [4.69, 9.17) is 16.3 Å². The highest BCUT2D eigenvalue weighted by atomic mass is 35.5. The van der Waals surface area contributed by atoms with E-state index in [-0.39, 0.29) is 11.7 Å². The van der Waals surface area contributed by atoms with E-state index in [0.717, 1.165) is 0 Å². The average molecular weight is 393 g/mol. The lowest BCUT2D eigenvalue weighted by atomic mass is 10.2. The second-order valence-corrected chi connectivity index (χ2v) is 6.50. The highest BCUT2D eigenvalue weighted by Gasteiger charge is 2.20. The van der Waals surface area contributed by atoms with Crippen molar-refractivity contribution in [2.75, 3.05) is 20.2 Å². The Labute approximate surface area is 163 Å². The maximum Gasteiger partial charge on any atom is 0.253 e. The van der Waals surface area contributed by atoms with Gasteiger partial charge in [-0.1, -0.05) is 23.7 Å². The molecular formula is C20H22ClFN2O3. The normalized spacial score (nSPS) is 11.6. The number of benzene rings is 2. The van der Waals surface area contributed by atoms with Crippen LogP contribution in [0, 0.1) is 5.82 Å². The second-order valence-electron chi connectivity index (χ2n) is 6.09. The summed E-state index contributed by atoms with van der Waals surface area (Å²) in [6.45, 7) is 2.48. The van der Waals surface area contributed by atoms with Crippen molar-refractivity contribution in [3.8, 4) is 5.75 Å². The van der Waals surface area contributed by atoms with Crippen LogP contribution in [0.1, 0.15) is 23.7 Å². The fraction of sp³-hybridized carbons (Fsp3) is 0.300. The van der Waals surface area contributed by atoms with E-state index in [9.17, 15) is 14.0 Å². The molecular weight excluding hydrogens is 371 g/mol. The van der Waals surface area contributed by atoms with Crippen LogP contribution in [0.2, 0.25) is 5.02 Å². The number of carbonyl (C=O) groups excluding carboxylic acids is 2. The fourth-order valence-electron chi connectivity index (χ4n) is 2.44. The molecule has 1 unspecified atom stereocenters. The number of likely N-dealkylation sites (N-methyl/N-ethyl adjacent to an activating group) is 1. The van der Waals surface area contributed by atoms with E-state index < -0.39 is 11.9 Å². The lowest BCUT2D eigenvalue weighted by Gasteiger charge is -2.22. The summed E-state index contributed by atoms with van der Waals surface area (Å²) in [4.78, 5) is 26.2. The minimum absolute atomic E-state index is 0.211. The third-order valence-electron chi connectivity index (χ3n) is 3.93. The van der Waals surface area contributed by atoms with Crippen molar-refractivity contribution >= 4 is 23.4 Å². The molecule has 0 spiro atoms. The molecule has 0 aliphatic heterocycles. The first-order valence-corrected chi connectivity index (χ1v) is 8.95. The van der Waals surface area contributed by atoms with Gasteiger partial charge in [-0.05, 0) is 49.7 Å². The molecule has 0 radical (unpaired) electrons. The number of rotatable bonds is 8. The monoisotopic (exact) mass is 392 g/mol. The Bertz CT molecular complexity index is 783. The number of nitrogens with zero attached hydrogens (tertiary/aromatic N) is 1. The van der Waals surface area contributed by atoms with Crippen LogP contribution in [0.3, 0.4) is 0 Å². The van der Waals surface area contributed by atoms with Crippen molar-refractivity contribution in [1.29, 1.82) is 0 Å². The largest absolute Gasteiger partial charge is 0.494 e. The number of amides is 2. The van der Waals surface area contributed by atoms with Gasteiger partial charge in [0.1, 0.15) is 17.6 Å². The molecule has 0 aliphatic rings. The van der Waals surface area contributed by atoms with Crippen LogP contribution in [0.4, 0.5) is 4.39 Å². The molecule has 0 fully saturated rings. The van der Waals surface area contributed by atoms with E-state index >= 15 is 0 Å². The molecule has 144 valence electrons. The van der Waals surface area contributed by atoms with Crippen molar-refractivity contribution in [2.24, 2.45) is 0 Å². The minimum Gasteiger partial charge on any atom is -0.494 e. The SMILES string of the molecule is CC(NC(=O)c1ccccc1Cl)C(=O)N(C)CCCOc1ccc(F)cc1. The molecule has 1 N–H and O–H groups in total. The van der Waals surface area contributed by atoms with Crippen molar-refractivity contribution < 1.29 is 18.7 Å². The van der Waals surface area contributed by atoms with Crippen LogP contribution in [0.25, 0.3) is 0 Å². The molecule has 7 heteroatoms. The van der Waals surface area contributed by atoms with E-state index in [1.165, 1.54) is 17.0 Å². The zero-order valence-corrected chi connectivity index (χ0v) is 16.0. The van der Waals surface area contributed by atoms with Gasteiger partial charge in [0.05, 0.1) is 17.2 Å². The average Bonchev–Trinajstić information content (AvgIpc) is 2.66. The minimum atomic E-state index is -0.684. The highest BCUT2D eigenvalue weighted by Crippen LogP contribution is 2.15. The summed E-state index contributed by atoms with van der Waals surface area (Å²) in [7, 11) is 1.67. The number of halogens is 2. The third-order valence-corrected chi connectivity index (χ3v) is 4.26. The van der Waals surface area contributed by atoms with Crippen LogP contribution in [-0.4, -0.2) is 43.0 Å². The standard InChI is InChI=1S/C20H22ClFN2O3/c1-14(23-19(25)17-6-3-4-7-18(17)21)20(26)24(2)12-5-13-27-16-10-8-15(22)9-11-16/h3-4,6-11,14H,5,12-13H2,1-2H3,(H,23,25). The predicted octanol–water partition coefficient (Wildman–Crippen LogP) is 3.52. The molecule has 0 bridgehead atoms. The van der Waals surface area contributed by atoms with Gasteiger partial charge in [-0.2, -0.15) is 0 Å². The lowest BCUT2D eigenvalue weighted by molar-refractivity contribution is -0.131. The van der Waals surface area contributed by atoms with E-state index in [2.05, 4.69) is 5.32 Å². The Morgan fingerprint density at radius 1 is 1.19 bits per heavy atom. The Morgan fingerprint density at radius 3 is 2.52 bits per heavy atom. The fourth-order valence-corrected chi connectivity index (χ4v) is 2.67. The molecule has 5 nitrogen and oxygen atoms in total. The summed E-state index contributed by atoms with van der Waals surface area (Å²) < 4.78 is 18.3. The van der Waals surface area contributed by atoms with Crippen molar-refractivity contribution in [2.45, 2.75) is 19.4 Å². The molecule has 0 aromatic heterocycles. The molecule has 2 amide bonds. The Hall–Kier alpha value is -2.60. The number of carbonyl (C=O) groups is 2. The van der Waals surface area contributed by atoms with Gasteiger partial charge in [-0.3, -0.25) is 9.59 Å². The summed E-state index contributed by atoms with van der Waals surface area (Å²) in [6.07, 6.45) is 0.602. The van der Waals surface area contributed by atoms with Gasteiger partial charge in [0, 0.05) is 13.6 Å². The topological polar surface area (TPSA) is 58.6 Å². The van der Waals surface area contributed by atoms with E-state index in [0.29, 0.717) is 35.9 Å². The zero-order valence-electron chi connectivity index (χ0n) is 15.2. The molecule has 2 rings (SSSR count). The molecule has 2 aromatic carbocycles. The van der Waals surface area contributed by atoms with Crippen molar-refractivity contribution in [1.82, 2.24) is 10.2 Å². The molecule has 0 heterocycles. The van der Waals surface area contributed by atoms with Gasteiger partial charge in [0.2, 0.25) is 5.91 Å². The third kappa shape index (κ3) is 6.25. The van der Waals surface area contributed by atoms with Crippen LogP contribution < -0.4 is 10.1 Å². The lowest BCUT2D eigenvalue weighted by Crippen LogP contribution is -2.46. The molecule has 0 saturated carbocycles. The quantitative estimate of drug-likeness (QED) is 0.699. The number of hydrogen-bond donors (Lipinski definition) is 1. The van der Waals surface area contributed by atoms with E-state index in [1.54, 1.807) is 50.4 Å².